The summed E-state index contributed by atoms with van der Waals surface area (Å²) in [7, 11) is -17.5. The molecule has 2 heterocycles. The van der Waals surface area contributed by atoms with E-state index in [4.69, 9.17) is 32.6 Å². The highest BCUT2D eigenvalue weighted by atomic mass is 32.1. The lowest BCUT2D eigenvalue weighted by Crippen LogP contribution is -2.49. The molecular formula is C10H15F3N3O12P3S. The van der Waals surface area contributed by atoms with Crippen LogP contribution in [0.4, 0.5) is 19.0 Å². The van der Waals surface area contributed by atoms with Crippen LogP contribution in [0.25, 0.3) is 0 Å². The molecule has 1 aromatic rings. The van der Waals surface area contributed by atoms with Gasteiger partial charge in [0.05, 0.1) is 0 Å². The van der Waals surface area contributed by atoms with Crippen molar-refractivity contribution in [2.24, 2.45) is 0 Å². The Bertz CT molecular complexity index is 1070. The lowest BCUT2D eigenvalue weighted by atomic mass is 9.96. The first-order valence-corrected chi connectivity index (χ1v) is 12.7. The van der Waals surface area contributed by atoms with Crippen LogP contribution < -0.4 is 5.73 Å². The van der Waals surface area contributed by atoms with Crippen LogP contribution in [-0.4, -0.2) is 65.1 Å². The van der Waals surface area contributed by atoms with Crippen LogP contribution in [0.2, 0.25) is 0 Å². The van der Waals surface area contributed by atoms with E-state index in [1.807, 2.05) is 0 Å². The maximum absolute atomic E-state index is 15.1. The number of anilines is 1. The van der Waals surface area contributed by atoms with Crippen LogP contribution >= 0.6 is 35.7 Å². The topological polar surface area (TPSA) is 233 Å². The number of ether oxygens (including phenoxy) is 1. The van der Waals surface area contributed by atoms with Gasteiger partial charge in [0.15, 0.2) is 12.3 Å². The highest BCUT2D eigenvalue weighted by molar-refractivity contribution is 7.71. The van der Waals surface area contributed by atoms with Gasteiger partial charge in [0.2, 0.25) is 10.4 Å². The molecule has 0 saturated carbocycles. The Balaban J connectivity index is 2.26. The van der Waals surface area contributed by atoms with Crippen molar-refractivity contribution in [1.82, 2.24) is 9.55 Å². The number of phosphoric acid groups is 3. The van der Waals surface area contributed by atoms with E-state index in [0.717, 1.165) is 12.3 Å². The van der Waals surface area contributed by atoms with E-state index in [9.17, 15) is 28.1 Å². The molecule has 22 heteroatoms. The average Bonchev–Trinajstić information content (AvgIpc) is 2.80. The number of halogens is 3. The summed E-state index contributed by atoms with van der Waals surface area (Å²) in [6.45, 7) is -3.96. The SMILES string of the molecule is Nc1ccn([C@@H]2O[C@](F)(COP(=O)(O)OP(=O)(O)OP(=O)(O)O)C(O)[C@]2(F)CF)c(=S)n1. The van der Waals surface area contributed by atoms with Gasteiger partial charge in [-0.2, -0.15) is 8.62 Å². The molecule has 3 unspecified atom stereocenters. The molecule has 2 rings (SSSR count). The Hall–Kier alpha value is -0.780. The highest BCUT2D eigenvalue weighted by Crippen LogP contribution is 2.66. The lowest BCUT2D eigenvalue weighted by Gasteiger charge is -2.27. The molecule has 0 radical (unpaired) electrons. The summed E-state index contributed by atoms with van der Waals surface area (Å²) in [5.41, 5.74) is 1.84. The molecule has 0 bridgehead atoms. The van der Waals surface area contributed by atoms with Crippen molar-refractivity contribution in [2.45, 2.75) is 23.9 Å². The highest BCUT2D eigenvalue weighted by Gasteiger charge is 2.67. The molecule has 1 saturated heterocycles. The van der Waals surface area contributed by atoms with Gasteiger partial charge in [0, 0.05) is 6.20 Å². The first kappa shape index (κ1) is 27.5. The molecule has 1 aromatic heterocycles. The van der Waals surface area contributed by atoms with Gasteiger partial charge in [0.25, 0.3) is 5.85 Å². The van der Waals surface area contributed by atoms with Crippen molar-refractivity contribution in [3.63, 3.8) is 0 Å². The number of nitrogens with zero attached hydrogens (tertiary/aromatic N) is 2. The van der Waals surface area contributed by atoms with Crippen LogP contribution in [0.5, 0.6) is 0 Å². The summed E-state index contributed by atoms with van der Waals surface area (Å²) in [5.74, 6) is -3.92. The average molecular weight is 551 g/mol. The smallest absolute Gasteiger partial charge is 0.384 e. The number of hydrogen-bond acceptors (Lipinski definition) is 11. The largest absolute Gasteiger partial charge is 0.490 e. The number of aliphatic hydroxyl groups is 1. The van der Waals surface area contributed by atoms with Crippen LogP contribution in [-0.2, 0) is 31.6 Å². The minimum absolute atomic E-state index is 0.145. The molecule has 32 heavy (non-hydrogen) atoms. The predicted molar refractivity (Wildman–Crippen MR) is 97.1 cm³/mol. The summed E-state index contributed by atoms with van der Waals surface area (Å²) >= 11 is 4.79. The van der Waals surface area contributed by atoms with Gasteiger partial charge in [0.1, 0.15) is 19.1 Å². The van der Waals surface area contributed by atoms with Crippen LogP contribution in [0.15, 0.2) is 12.3 Å². The van der Waals surface area contributed by atoms with Gasteiger partial charge in [-0.15, -0.1) is 0 Å². The predicted octanol–water partition coefficient (Wildman–Crippen LogP) is 0.771. The quantitative estimate of drug-likeness (QED) is 0.184. The van der Waals surface area contributed by atoms with Crippen LogP contribution in [0.3, 0.4) is 0 Å². The summed E-state index contributed by atoms with van der Waals surface area (Å²) in [6.07, 6.45) is -4.41. The van der Waals surface area contributed by atoms with E-state index >= 15 is 8.78 Å². The molecule has 1 fully saturated rings. The zero-order valence-electron chi connectivity index (χ0n) is 15.2. The number of aromatic nitrogens is 2. The summed E-state index contributed by atoms with van der Waals surface area (Å²) in [4.78, 5) is 38.9. The van der Waals surface area contributed by atoms with Gasteiger partial charge >= 0.3 is 23.5 Å². The Labute approximate surface area is 181 Å². The monoisotopic (exact) mass is 551 g/mol. The number of nitrogen functional groups attached to an aromatic ring is 1. The van der Waals surface area contributed by atoms with E-state index in [1.54, 1.807) is 0 Å². The number of nitrogens with two attached hydrogens (primary N) is 1. The molecule has 0 aromatic carbocycles. The molecule has 0 amide bonds. The minimum Gasteiger partial charge on any atom is -0.384 e. The van der Waals surface area contributed by atoms with Crippen molar-refractivity contribution in [3.8, 4) is 0 Å². The second kappa shape index (κ2) is 9.11. The molecule has 15 nitrogen and oxygen atoms in total. The van der Waals surface area contributed by atoms with Crippen molar-refractivity contribution in [2.75, 3.05) is 19.0 Å². The number of hydrogen-bond donors (Lipinski definition) is 6. The third kappa shape index (κ3) is 6.21. The number of alkyl halides is 3. The third-order valence-electron chi connectivity index (χ3n) is 3.73. The van der Waals surface area contributed by atoms with E-state index in [0.29, 0.717) is 4.57 Å². The molecule has 184 valence electrons. The fourth-order valence-electron chi connectivity index (χ4n) is 2.46. The van der Waals surface area contributed by atoms with Crippen LogP contribution in [0.1, 0.15) is 6.23 Å². The maximum Gasteiger partial charge on any atom is 0.490 e. The van der Waals surface area contributed by atoms with E-state index in [2.05, 4.69) is 22.9 Å². The van der Waals surface area contributed by atoms with Crippen LogP contribution in [0, 0.1) is 4.77 Å². The molecule has 1 aliphatic heterocycles. The fourth-order valence-corrected chi connectivity index (χ4v) is 5.75. The molecular weight excluding hydrogens is 536 g/mol. The molecule has 0 spiro atoms. The van der Waals surface area contributed by atoms with E-state index < -0.39 is 65.4 Å². The van der Waals surface area contributed by atoms with Crippen molar-refractivity contribution in [3.05, 3.63) is 17.0 Å². The first-order valence-electron chi connectivity index (χ1n) is 7.77. The number of rotatable bonds is 9. The van der Waals surface area contributed by atoms with Crippen molar-refractivity contribution < 1.29 is 69.4 Å². The van der Waals surface area contributed by atoms with Gasteiger partial charge in [-0.3, -0.25) is 9.09 Å². The summed E-state index contributed by atoms with van der Waals surface area (Å²) in [5, 5.41) is 10.00. The van der Waals surface area contributed by atoms with Gasteiger partial charge < -0.3 is 35.2 Å². The molecule has 7 N–H and O–H groups in total. The second-order valence-corrected chi connectivity index (χ2v) is 10.9. The fraction of sp³-hybridized carbons (Fsp3) is 0.600. The Morgan fingerprint density at radius 3 is 2.31 bits per heavy atom. The van der Waals surface area contributed by atoms with E-state index in [1.165, 1.54) is 0 Å². The first-order chi connectivity index (χ1) is 14.3. The molecule has 1 aliphatic rings. The Morgan fingerprint density at radius 1 is 1.22 bits per heavy atom. The van der Waals surface area contributed by atoms with Gasteiger partial charge in [-0.25, -0.2) is 31.9 Å². The molecule has 6 atom stereocenters. The second-order valence-electron chi connectivity index (χ2n) is 6.13. The number of phosphoric ester groups is 1. The third-order valence-corrected chi connectivity index (χ3v) is 7.82. The van der Waals surface area contributed by atoms with Gasteiger partial charge in [-0.1, -0.05) is 0 Å². The number of aliphatic hydroxyl groups excluding tert-OH is 1. The van der Waals surface area contributed by atoms with Gasteiger partial charge in [-0.05, 0) is 18.3 Å². The lowest BCUT2D eigenvalue weighted by molar-refractivity contribution is -0.204. The summed E-state index contributed by atoms with van der Waals surface area (Å²) < 4.78 is 92.8. The minimum atomic E-state index is -5.94. The zero-order valence-corrected chi connectivity index (χ0v) is 18.7. The Kier molecular flexibility index (Phi) is 7.82. The zero-order chi connectivity index (χ0) is 24.8. The van der Waals surface area contributed by atoms with E-state index in [-0.39, 0.29) is 5.82 Å². The summed E-state index contributed by atoms with van der Waals surface area (Å²) in [6, 6.07) is 1.05. The Morgan fingerprint density at radius 2 is 1.81 bits per heavy atom. The standard InChI is InChI=1S/C10H15F3N3O12P3S/c11-3-9(12)6(17)10(13,26-7(9)16-2-1-5(14)15-8(16)32)4-25-30(21,22)28-31(23,24)27-29(18,19)20/h1-2,6-7,17H,3-4H2,(H,21,22)(H,23,24)(H2,14,15,32)(H2,18,19,20)/t6?,7-,9-,10-/m1/s1. The van der Waals surface area contributed by atoms with Crippen molar-refractivity contribution >= 4 is 41.5 Å². The maximum atomic E-state index is 15.1. The molecule has 0 aliphatic carbocycles. The normalized spacial score (nSPS) is 32.4. The van der Waals surface area contributed by atoms with Crippen molar-refractivity contribution in [1.29, 1.82) is 0 Å².